The Balaban J connectivity index is 3.15. The maximum atomic E-state index is 13.0. The molecule has 0 saturated carbocycles. The van der Waals surface area contributed by atoms with Gasteiger partial charge in [0.2, 0.25) is 0 Å². The third-order valence-corrected chi connectivity index (χ3v) is 2.42. The first-order valence-corrected chi connectivity index (χ1v) is 4.84. The van der Waals surface area contributed by atoms with E-state index in [-0.39, 0.29) is 10.0 Å². The Kier molecular flexibility index (Phi) is 4.17. The largest absolute Gasteiger partial charge is 0.481 e. The molecular formula is C9H6BrF3O3. The van der Waals surface area contributed by atoms with E-state index in [9.17, 15) is 18.0 Å². The Morgan fingerprint density at radius 1 is 1.50 bits per heavy atom. The number of rotatable bonds is 4. The summed E-state index contributed by atoms with van der Waals surface area (Å²) >= 11 is 2.72. The molecule has 1 aromatic rings. The van der Waals surface area contributed by atoms with Gasteiger partial charge in [0.05, 0.1) is 10.9 Å². The molecule has 0 atom stereocenters. The van der Waals surface area contributed by atoms with Gasteiger partial charge in [-0.2, -0.15) is 8.78 Å². The summed E-state index contributed by atoms with van der Waals surface area (Å²) in [5.74, 6) is -2.51. The van der Waals surface area contributed by atoms with Crippen LogP contribution in [0.4, 0.5) is 13.2 Å². The van der Waals surface area contributed by atoms with Crippen LogP contribution in [0.5, 0.6) is 5.75 Å². The average molecular weight is 299 g/mol. The number of aliphatic carboxylic acids is 1. The molecule has 1 N–H and O–H groups in total. The van der Waals surface area contributed by atoms with Crippen molar-refractivity contribution in [2.75, 3.05) is 0 Å². The molecule has 0 heterocycles. The maximum absolute atomic E-state index is 13.0. The third-order valence-electron chi connectivity index (χ3n) is 1.68. The molecule has 0 aliphatic rings. The van der Waals surface area contributed by atoms with E-state index < -0.39 is 30.6 Å². The summed E-state index contributed by atoms with van der Waals surface area (Å²) in [5.41, 5.74) is -0.0268. The number of halogens is 4. The van der Waals surface area contributed by atoms with Gasteiger partial charge in [0, 0.05) is 5.56 Å². The summed E-state index contributed by atoms with van der Waals surface area (Å²) in [7, 11) is 0. The molecule has 0 aliphatic heterocycles. The van der Waals surface area contributed by atoms with Gasteiger partial charge >= 0.3 is 12.6 Å². The van der Waals surface area contributed by atoms with Crippen molar-refractivity contribution in [1.82, 2.24) is 0 Å². The van der Waals surface area contributed by atoms with Gasteiger partial charge in [-0.05, 0) is 22.0 Å². The summed E-state index contributed by atoms with van der Waals surface area (Å²) in [4.78, 5) is 10.5. The molecule has 0 radical (unpaired) electrons. The van der Waals surface area contributed by atoms with E-state index in [2.05, 4.69) is 20.7 Å². The van der Waals surface area contributed by atoms with E-state index in [1.807, 2.05) is 0 Å². The smallest absolute Gasteiger partial charge is 0.387 e. The highest BCUT2D eigenvalue weighted by Crippen LogP contribution is 2.33. The molecule has 0 fully saturated rings. The normalized spacial score (nSPS) is 10.6. The number of benzene rings is 1. The second-order valence-corrected chi connectivity index (χ2v) is 3.59. The van der Waals surface area contributed by atoms with Crippen molar-refractivity contribution in [3.63, 3.8) is 0 Å². The van der Waals surface area contributed by atoms with Gasteiger partial charge in [-0.1, -0.05) is 6.07 Å². The lowest BCUT2D eigenvalue weighted by Gasteiger charge is -2.11. The zero-order chi connectivity index (χ0) is 12.3. The second kappa shape index (κ2) is 5.20. The molecule has 0 bridgehead atoms. The lowest BCUT2D eigenvalue weighted by atomic mass is 10.1. The van der Waals surface area contributed by atoms with E-state index in [1.165, 1.54) is 0 Å². The molecular weight excluding hydrogens is 293 g/mol. The molecule has 0 spiro atoms. The number of carboxylic acid groups (broad SMARTS) is 1. The predicted molar refractivity (Wildman–Crippen MR) is 52.1 cm³/mol. The Morgan fingerprint density at radius 2 is 2.12 bits per heavy atom. The van der Waals surface area contributed by atoms with Gasteiger partial charge in [0.1, 0.15) is 11.6 Å². The number of alkyl halides is 2. The van der Waals surface area contributed by atoms with E-state index in [4.69, 9.17) is 5.11 Å². The van der Waals surface area contributed by atoms with Crippen LogP contribution in [0.25, 0.3) is 0 Å². The van der Waals surface area contributed by atoms with Crippen molar-refractivity contribution in [3.05, 3.63) is 28.0 Å². The topological polar surface area (TPSA) is 46.5 Å². The van der Waals surface area contributed by atoms with E-state index >= 15 is 0 Å². The van der Waals surface area contributed by atoms with Gasteiger partial charge in [-0.25, -0.2) is 4.39 Å². The first kappa shape index (κ1) is 12.8. The second-order valence-electron chi connectivity index (χ2n) is 2.80. The van der Waals surface area contributed by atoms with Gasteiger partial charge in [-0.3, -0.25) is 4.79 Å². The monoisotopic (exact) mass is 298 g/mol. The fourth-order valence-corrected chi connectivity index (χ4v) is 1.57. The standard InChI is InChI=1S/C9H6BrF3O3/c10-7-5(11)2-1-4(3-6(14)15)8(7)16-9(12)13/h1-2,9H,3H2,(H,14,15). The summed E-state index contributed by atoms with van der Waals surface area (Å²) in [6.07, 6.45) is -0.527. The van der Waals surface area contributed by atoms with Crippen LogP contribution in [-0.2, 0) is 11.2 Å². The fraction of sp³-hybridized carbons (Fsp3) is 0.222. The minimum Gasteiger partial charge on any atom is -0.481 e. The molecule has 0 aliphatic carbocycles. The van der Waals surface area contributed by atoms with Crippen LogP contribution in [-0.4, -0.2) is 17.7 Å². The zero-order valence-corrected chi connectivity index (χ0v) is 9.30. The third kappa shape index (κ3) is 3.13. The number of carboxylic acids is 1. The van der Waals surface area contributed by atoms with E-state index in [1.54, 1.807) is 0 Å². The predicted octanol–water partition coefficient (Wildman–Crippen LogP) is 2.82. The Bertz CT molecular complexity index is 409. The molecule has 16 heavy (non-hydrogen) atoms. The molecule has 1 aromatic carbocycles. The van der Waals surface area contributed by atoms with Crippen LogP contribution in [0.2, 0.25) is 0 Å². The van der Waals surface area contributed by atoms with Gasteiger partial charge < -0.3 is 9.84 Å². The van der Waals surface area contributed by atoms with Crippen LogP contribution < -0.4 is 4.74 Å². The van der Waals surface area contributed by atoms with Crippen LogP contribution in [0, 0.1) is 5.82 Å². The Morgan fingerprint density at radius 3 is 2.62 bits per heavy atom. The highest BCUT2D eigenvalue weighted by atomic mass is 79.9. The molecule has 1 rings (SSSR count). The minimum absolute atomic E-state index is 0.0268. The van der Waals surface area contributed by atoms with Crippen LogP contribution in [0.15, 0.2) is 16.6 Å². The molecule has 0 aromatic heterocycles. The van der Waals surface area contributed by atoms with Crippen molar-refractivity contribution in [1.29, 1.82) is 0 Å². The van der Waals surface area contributed by atoms with E-state index in [0.29, 0.717) is 0 Å². The average Bonchev–Trinajstić information content (AvgIpc) is 2.16. The van der Waals surface area contributed by atoms with Crippen molar-refractivity contribution >= 4 is 21.9 Å². The summed E-state index contributed by atoms with van der Waals surface area (Å²) in [5, 5.41) is 8.53. The SMILES string of the molecule is O=C(O)Cc1ccc(F)c(Br)c1OC(F)F. The first-order valence-electron chi connectivity index (χ1n) is 4.05. The lowest BCUT2D eigenvalue weighted by Crippen LogP contribution is -2.09. The molecule has 3 nitrogen and oxygen atoms in total. The minimum atomic E-state index is -3.15. The van der Waals surface area contributed by atoms with Crippen molar-refractivity contribution < 1.29 is 27.8 Å². The molecule has 0 unspecified atom stereocenters. The number of carbonyl (C=O) groups is 1. The molecule has 88 valence electrons. The van der Waals surface area contributed by atoms with Gasteiger partial charge in [0.15, 0.2) is 0 Å². The highest BCUT2D eigenvalue weighted by Gasteiger charge is 2.18. The van der Waals surface area contributed by atoms with Gasteiger partial charge in [0.25, 0.3) is 0 Å². The van der Waals surface area contributed by atoms with Crippen molar-refractivity contribution in [3.8, 4) is 5.75 Å². The van der Waals surface area contributed by atoms with Crippen molar-refractivity contribution in [2.45, 2.75) is 13.0 Å². The van der Waals surface area contributed by atoms with Crippen LogP contribution in [0.3, 0.4) is 0 Å². The lowest BCUT2D eigenvalue weighted by molar-refractivity contribution is -0.136. The molecule has 0 saturated heterocycles. The summed E-state index contributed by atoms with van der Waals surface area (Å²) in [6, 6.07) is 2.06. The fourth-order valence-electron chi connectivity index (χ4n) is 1.09. The quantitative estimate of drug-likeness (QED) is 0.930. The molecule has 0 amide bonds. The van der Waals surface area contributed by atoms with Crippen LogP contribution in [0.1, 0.15) is 5.56 Å². The maximum Gasteiger partial charge on any atom is 0.387 e. The Labute approximate surface area is 97.0 Å². The Hall–Kier alpha value is -1.24. The summed E-state index contributed by atoms with van der Waals surface area (Å²) in [6.45, 7) is -3.15. The highest BCUT2D eigenvalue weighted by molar-refractivity contribution is 9.10. The zero-order valence-electron chi connectivity index (χ0n) is 7.71. The summed E-state index contributed by atoms with van der Waals surface area (Å²) < 4.78 is 40.9. The number of hydrogen-bond acceptors (Lipinski definition) is 2. The van der Waals surface area contributed by atoms with Crippen LogP contribution >= 0.6 is 15.9 Å². The molecule has 7 heteroatoms. The first-order chi connectivity index (χ1) is 7.41. The number of ether oxygens (including phenoxy) is 1. The van der Waals surface area contributed by atoms with Gasteiger partial charge in [-0.15, -0.1) is 0 Å². The van der Waals surface area contributed by atoms with Crippen molar-refractivity contribution in [2.24, 2.45) is 0 Å². The van der Waals surface area contributed by atoms with E-state index in [0.717, 1.165) is 12.1 Å². The number of hydrogen-bond donors (Lipinski definition) is 1.